The van der Waals surface area contributed by atoms with Gasteiger partial charge >= 0.3 is 0 Å². The van der Waals surface area contributed by atoms with Gasteiger partial charge in [0.15, 0.2) is 9.84 Å². The molecule has 0 saturated heterocycles. The fraction of sp³-hybridized carbons (Fsp3) is 1.00. The Bertz CT molecular complexity index is 20.8. The average molecular weight is 104 g/mol. The van der Waals surface area contributed by atoms with Gasteiger partial charge < -0.3 is 9.96 Å². The van der Waals surface area contributed by atoms with Crippen molar-refractivity contribution in [1.29, 1.82) is 0 Å². The molecular weight excluding hydrogens is 92.1 g/mol. The maximum atomic E-state index is 3.23. The summed E-state index contributed by atoms with van der Waals surface area (Å²) in [6, 6.07) is 0. The van der Waals surface area contributed by atoms with Gasteiger partial charge in [-0.1, -0.05) is 6.92 Å². The van der Waals surface area contributed by atoms with Crippen LogP contribution in [0.1, 0.15) is 6.92 Å². The Morgan fingerprint density at radius 2 is 2.33 bits per heavy atom. The van der Waals surface area contributed by atoms with E-state index >= 15 is 0 Å². The molecule has 2 nitrogen and oxygen atoms in total. The first kappa shape index (κ1) is 6.14. The summed E-state index contributed by atoms with van der Waals surface area (Å²) >= 11 is 0. The van der Waals surface area contributed by atoms with Crippen molar-refractivity contribution >= 4 is 9.84 Å². The Morgan fingerprint density at radius 3 is 2.50 bits per heavy atom. The van der Waals surface area contributed by atoms with Crippen molar-refractivity contribution in [2.75, 3.05) is 13.6 Å². The molecule has 0 heterocycles. The van der Waals surface area contributed by atoms with Crippen LogP contribution >= 0.6 is 0 Å². The lowest BCUT2D eigenvalue weighted by Crippen LogP contribution is -2.29. The molecule has 3 heteroatoms. The van der Waals surface area contributed by atoms with E-state index in [1.807, 2.05) is 7.05 Å². The fourth-order valence-electron chi connectivity index (χ4n) is 0.250. The van der Waals surface area contributed by atoms with Gasteiger partial charge in [0.25, 0.3) is 0 Å². The standard InChI is InChI=1S/C3H12N2Si/c1-3-5-6-4-2/h4-5H,3,6H2,1-2H3. The molecule has 0 aliphatic rings. The van der Waals surface area contributed by atoms with Crippen LogP contribution in [0.15, 0.2) is 0 Å². The van der Waals surface area contributed by atoms with E-state index in [4.69, 9.17) is 0 Å². The molecule has 6 heavy (non-hydrogen) atoms. The number of hydrogen-bond acceptors (Lipinski definition) is 2. The molecule has 0 saturated carbocycles. The molecule has 0 aromatic rings. The minimum Gasteiger partial charge on any atom is -0.333 e. The maximum absolute atomic E-state index is 3.23. The van der Waals surface area contributed by atoms with Crippen LogP contribution in [0.5, 0.6) is 0 Å². The summed E-state index contributed by atoms with van der Waals surface area (Å²) in [4.78, 5) is 6.32. The number of hydrogen-bond donors (Lipinski definition) is 2. The van der Waals surface area contributed by atoms with Crippen LogP contribution in [0.4, 0.5) is 0 Å². The second-order valence-electron chi connectivity index (χ2n) is 1.13. The van der Waals surface area contributed by atoms with Gasteiger partial charge in [-0.05, 0) is 13.6 Å². The lowest BCUT2D eigenvalue weighted by Gasteiger charge is -1.92. The third-order valence-electron chi connectivity index (χ3n) is 0.552. The molecule has 0 amide bonds. The van der Waals surface area contributed by atoms with Gasteiger partial charge in [0, 0.05) is 0 Å². The van der Waals surface area contributed by atoms with Crippen LogP contribution in [0.25, 0.3) is 0 Å². The van der Waals surface area contributed by atoms with Crippen molar-refractivity contribution in [2.24, 2.45) is 0 Å². The molecule has 2 N–H and O–H groups in total. The predicted molar refractivity (Wildman–Crippen MR) is 31.3 cm³/mol. The van der Waals surface area contributed by atoms with Gasteiger partial charge in [-0.25, -0.2) is 0 Å². The van der Waals surface area contributed by atoms with Crippen molar-refractivity contribution < 1.29 is 0 Å². The molecule has 0 rings (SSSR count). The zero-order chi connectivity index (χ0) is 4.83. The van der Waals surface area contributed by atoms with E-state index in [1.165, 1.54) is 0 Å². The monoisotopic (exact) mass is 104 g/mol. The Kier molecular flexibility index (Phi) is 5.25. The quantitative estimate of drug-likeness (QED) is 0.348. The van der Waals surface area contributed by atoms with Crippen molar-refractivity contribution in [3.63, 3.8) is 0 Å². The van der Waals surface area contributed by atoms with Crippen LogP contribution in [0.2, 0.25) is 0 Å². The van der Waals surface area contributed by atoms with Gasteiger partial charge in [-0.2, -0.15) is 0 Å². The van der Waals surface area contributed by atoms with Crippen LogP contribution in [-0.4, -0.2) is 23.4 Å². The largest absolute Gasteiger partial charge is 0.333 e. The summed E-state index contributed by atoms with van der Waals surface area (Å²) in [5, 5.41) is 0. The minimum absolute atomic E-state index is 0.0783. The molecule has 0 unspecified atom stereocenters. The third kappa shape index (κ3) is 4.14. The lowest BCUT2D eigenvalue weighted by molar-refractivity contribution is 0.974. The molecule has 0 atom stereocenters. The smallest absolute Gasteiger partial charge is 0.167 e. The first-order chi connectivity index (χ1) is 2.91. The number of rotatable bonds is 3. The van der Waals surface area contributed by atoms with Gasteiger partial charge in [0.1, 0.15) is 0 Å². The molecule has 0 spiro atoms. The highest BCUT2D eigenvalue weighted by Crippen LogP contribution is 1.41. The lowest BCUT2D eigenvalue weighted by atomic mass is 10.8. The topological polar surface area (TPSA) is 24.1 Å². The van der Waals surface area contributed by atoms with Crippen LogP contribution in [-0.2, 0) is 0 Å². The summed E-state index contributed by atoms with van der Waals surface area (Å²) in [6.07, 6.45) is 0. The van der Waals surface area contributed by atoms with Crippen LogP contribution in [0, 0.1) is 0 Å². The van der Waals surface area contributed by atoms with E-state index in [2.05, 4.69) is 16.9 Å². The Hall–Kier alpha value is 0.137. The molecule has 0 aliphatic carbocycles. The zero-order valence-electron chi connectivity index (χ0n) is 4.41. The number of nitrogens with one attached hydrogen (secondary N) is 2. The first-order valence-corrected chi connectivity index (χ1v) is 3.68. The van der Waals surface area contributed by atoms with Crippen molar-refractivity contribution in [3.8, 4) is 0 Å². The van der Waals surface area contributed by atoms with E-state index in [0.29, 0.717) is 0 Å². The second kappa shape index (κ2) is 5.14. The van der Waals surface area contributed by atoms with Crippen LogP contribution in [0.3, 0.4) is 0 Å². The van der Waals surface area contributed by atoms with Crippen molar-refractivity contribution in [3.05, 3.63) is 0 Å². The molecule has 0 aromatic heterocycles. The van der Waals surface area contributed by atoms with E-state index in [-0.39, 0.29) is 9.84 Å². The Morgan fingerprint density at radius 1 is 1.67 bits per heavy atom. The van der Waals surface area contributed by atoms with E-state index in [0.717, 1.165) is 6.54 Å². The molecule has 38 valence electrons. The minimum atomic E-state index is -0.0783. The third-order valence-corrected chi connectivity index (χ3v) is 1.66. The molecule has 0 fully saturated rings. The molecule has 0 bridgehead atoms. The van der Waals surface area contributed by atoms with Gasteiger partial charge in [-0.15, -0.1) is 0 Å². The normalized spacial score (nSPS) is 11.0. The highest BCUT2D eigenvalue weighted by molar-refractivity contribution is 6.28. The summed E-state index contributed by atoms with van der Waals surface area (Å²) in [5.74, 6) is 0. The van der Waals surface area contributed by atoms with Crippen LogP contribution < -0.4 is 9.96 Å². The van der Waals surface area contributed by atoms with Gasteiger partial charge in [-0.3, -0.25) is 0 Å². The van der Waals surface area contributed by atoms with E-state index in [9.17, 15) is 0 Å². The fourth-order valence-corrected chi connectivity index (χ4v) is 0.750. The predicted octanol–water partition coefficient (Wildman–Crippen LogP) is -1.19. The molecule has 0 radical (unpaired) electrons. The zero-order valence-corrected chi connectivity index (χ0v) is 5.83. The summed E-state index contributed by atoms with van der Waals surface area (Å²) in [6.45, 7) is 3.22. The highest BCUT2D eigenvalue weighted by atomic mass is 28.2. The first-order valence-electron chi connectivity index (χ1n) is 2.27. The SMILES string of the molecule is CCN[SiH2]NC. The van der Waals surface area contributed by atoms with E-state index < -0.39 is 0 Å². The van der Waals surface area contributed by atoms with Gasteiger partial charge in [0.2, 0.25) is 0 Å². The Balaban J connectivity index is 2.34. The molecular formula is C3H12N2Si. The van der Waals surface area contributed by atoms with E-state index in [1.54, 1.807) is 0 Å². The van der Waals surface area contributed by atoms with Crippen molar-refractivity contribution in [2.45, 2.75) is 6.92 Å². The summed E-state index contributed by atoms with van der Waals surface area (Å²) < 4.78 is 0. The average Bonchev–Trinajstić information content (AvgIpc) is 1.61. The van der Waals surface area contributed by atoms with Crippen molar-refractivity contribution in [1.82, 2.24) is 9.96 Å². The van der Waals surface area contributed by atoms with Gasteiger partial charge in [0.05, 0.1) is 0 Å². The highest BCUT2D eigenvalue weighted by Gasteiger charge is 1.71. The maximum Gasteiger partial charge on any atom is 0.167 e. The molecule has 0 aliphatic heterocycles. The summed E-state index contributed by atoms with van der Waals surface area (Å²) in [7, 11) is 1.90. The second-order valence-corrected chi connectivity index (χ2v) is 2.69. The Labute approximate surface area is 41.3 Å². The molecule has 0 aromatic carbocycles. The summed E-state index contributed by atoms with van der Waals surface area (Å²) in [5.41, 5.74) is 0.